The van der Waals surface area contributed by atoms with Gasteiger partial charge < -0.3 is 15.0 Å². The van der Waals surface area contributed by atoms with Crippen LogP contribution in [0.4, 0.5) is 0 Å². The number of hydrogen-bond acceptors (Lipinski definition) is 5. The Morgan fingerprint density at radius 1 is 1.10 bits per heavy atom. The van der Waals surface area contributed by atoms with Crippen molar-refractivity contribution >= 4 is 22.8 Å². The zero-order valence-electron chi connectivity index (χ0n) is 18.3. The van der Waals surface area contributed by atoms with Gasteiger partial charge in [-0.15, -0.1) is 0 Å². The molecule has 2 amide bonds. The fourth-order valence-electron chi connectivity index (χ4n) is 4.43. The molecule has 2 aliphatic rings. The molecule has 2 saturated heterocycles. The third-order valence-corrected chi connectivity index (χ3v) is 6.46. The van der Waals surface area contributed by atoms with E-state index in [1.165, 1.54) is 0 Å². The minimum Gasteiger partial charge on any atom is -0.379 e. The number of nitrogens with zero attached hydrogens (tertiary/aromatic N) is 4. The summed E-state index contributed by atoms with van der Waals surface area (Å²) in [7, 11) is 3.50. The molecule has 9 heteroatoms. The maximum absolute atomic E-state index is 12.8. The number of benzene rings is 1. The molecule has 1 aromatic heterocycles. The van der Waals surface area contributed by atoms with Crippen molar-refractivity contribution in [2.45, 2.75) is 19.4 Å². The molecule has 1 aromatic carbocycles. The molecule has 2 aliphatic heterocycles. The summed E-state index contributed by atoms with van der Waals surface area (Å²) in [4.78, 5) is 41.3. The standard InChI is InChI=1S/C22H31N5O4/c1-24-18-5-3-16(13-19(18)25(2)22(24)30)14-23-21(29)17-4-6-20(28)27(15-17)8-7-26-9-11-31-12-10-26/h3,5,13,17H,4,6-12,14-15H2,1-2H3,(H,23,29)/t17-/m0/s1. The number of rotatable bonds is 6. The van der Waals surface area contributed by atoms with E-state index in [9.17, 15) is 14.4 Å². The fraction of sp³-hybridized carbons (Fsp3) is 0.591. The number of amides is 2. The first-order valence-corrected chi connectivity index (χ1v) is 10.9. The lowest BCUT2D eigenvalue weighted by Gasteiger charge is -2.34. The largest absolute Gasteiger partial charge is 0.379 e. The highest BCUT2D eigenvalue weighted by atomic mass is 16.5. The van der Waals surface area contributed by atoms with Gasteiger partial charge in [-0.3, -0.25) is 23.6 Å². The van der Waals surface area contributed by atoms with Crippen LogP contribution in [-0.2, 0) is 35.0 Å². The first-order valence-electron chi connectivity index (χ1n) is 10.9. The van der Waals surface area contributed by atoms with Crippen LogP contribution in [0.2, 0.25) is 0 Å². The van der Waals surface area contributed by atoms with Gasteiger partial charge >= 0.3 is 5.69 Å². The highest BCUT2D eigenvalue weighted by molar-refractivity contribution is 5.84. The fourth-order valence-corrected chi connectivity index (χ4v) is 4.43. The van der Waals surface area contributed by atoms with Crippen molar-refractivity contribution in [2.24, 2.45) is 20.0 Å². The van der Waals surface area contributed by atoms with Gasteiger partial charge in [-0.25, -0.2) is 4.79 Å². The lowest BCUT2D eigenvalue weighted by Crippen LogP contribution is -2.49. The second-order valence-electron chi connectivity index (χ2n) is 8.47. The number of carbonyl (C=O) groups excluding carboxylic acids is 2. The molecular weight excluding hydrogens is 398 g/mol. The van der Waals surface area contributed by atoms with Gasteiger partial charge in [-0.1, -0.05) is 6.07 Å². The predicted octanol–water partition coefficient (Wildman–Crippen LogP) is 0.0640. The Hall–Kier alpha value is -2.65. The average Bonchev–Trinajstić information content (AvgIpc) is 3.01. The number of aryl methyl sites for hydroxylation is 2. The van der Waals surface area contributed by atoms with E-state index in [-0.39, 0.29) is 23.4 Å². The molecule has 1 N–H and O–H groups in total. The zero-order valence-corrected chi connectivity index (χ0v) is 18.3. The van der Waals surface area contributed by atoms with Gasteiger partial charge in [0.15, 0.2) is 0 Å². The molecule has 4 rings (SSSR count). The minimum atomic E-state index is -0.188. The number of nitrogens with one attached hydrogen (secondary N) is 1. The van der Waals surface area contributed by atoms with Gasteiger partial charge in [0, 0.05) is 59.8 Å². The zero-order chi connectivity index (χ0) is 22.0. The lowest BCUT2D eigenvalue weighted by atomic mass is 9.96. The highest BCUT2D eigenvalue weighted by Crippen LogP contribution is 2.19. The SMILES string of the molecule is Cn1c(=O)n(C)c2cc(CNC(=O)[C@H]3CCC(=O)N(CCN4CCOCC4)C3)ccc21. The van der Waals surface area contributed by atoms with E-state index in [4.69, 9.17) is 4.74 Å². The number of imidazole rings is 1. The molecule has 9 nitrogen and oxygen atoms in total. The van der Waals surface area contributed by atoms with Gasteiger partial charge in [0.25, 0.3) is 0 Å². The van der Waals surface area contributed by atoms with Crippen LogP contribution in [0.5, 0.6) is 0 Å². The van der Waals surface area contributed by atoms with Crippen LogP contribution in [0.25, 0.3) is 11.0 Å². The lowest BCUT2D eigenvalue weighted by molar-refractivity contribution is -0.138. The summed E-state index contributed by atoms with van der Waals surface area (Å²) in [6.07, 6.45) is 1.00. The number of hydrogen-bond donors (Lipinski definition) is 1. The van der Waals surface area contributed by atoms with E-state index in [0.717, 1.165) is 49.4 Å². The van der Waals surface area contributed by atoms with Crippen LogP contribution in [0.3, 0.4) is 0 Å². The van der Waals surface area contributed by atoms with Crippen molar-refractivity contribution in [3.05, 3.63) is 34.2 Å². The number of aromatic nitrogens is 2. The van der Waals surface area contributed by atoms with Crippen LogP contribution < -0.4 is 11.0 Å². The molecule has 0 unspecified atom stereocenters. The van der Waals surface area contributed by atoms with Crippen molar-refractivity contribution in [1.29, 1.82) is 0 Å². The summed E-state index contributed by atoms with van der Waals surface area (Å²) in [6, 6.07) is 5.78. The highest BCUT2D eigenvalue weighted by Gasteiger charge is 2.30. The molecule has 0 saturated carbocycles. The molecule has 0 bridgehead atoms. The van der Waals surface area contributed by atoms with Crippen molar-refractivity contribution in [2.75, 3.05) is 45.9 Å². The Balaban J connectivity index is 1.32. The molecule has 2 fully saturated rings. The van der Waals surface area contributed by atoms with Crippen molar-refractivity contribution in [3.63, 3.8) is 0 Å². The Kier molecular flexibility index (Phi) is 6.43. The average molecular weight is 430 g/mol. The first-order chi connectivity index (χ1) is 14.9. The molecule has 31 heavy (non-hydrogen) atoms. The van der Waals surface area contributed by atoms with E-state index in [2.05, 4.69) is 10.2 Å². The Bertz CT molecular complexity index is 1020. The second-order valence-corrected chi connectivity index (χ2v) is 8.47. The number of morpholine rings is 1. The number of piperidine rings is 1. The first kappa shape index (κ1) is 21.6. The molecule has 0 aliphatic carbocycles. The maximum atomic E-state index is 12.8. The Labute approximate surface area is 181 Å². The van der Waals surface area contributed by atoms with Crippen LogP contribution in [-0.4, -0.2) is 76.7 Å². The quantitative estimate of drug-likeness (QED) is 0.702. The topological polar surface area (TPSA) is 88.8 Å². The normalized spacial score (nSPS) is 20.4. The number of ether oxygens (including phenoxy) is 1. The van der Waals surface area contributed by atoms with E-state index in [1.807, 2.05) is 23.1 Å². The summed E-state index contributed by atoms with van der Waals surface area (Å²) in [5.41, 5.74) is 2.58. The van der Waals surface area contributed by atoms with Crippen molar-refractivity contribution in [3.8, 4) is 0 Å². The molecule has 3 heterocycles. The summed E-state index contributed by atoms with van der Waals surface area (Å²) < 4.78 is 8.59. The molecule has 2 aromatic rings. The van der Waals surface area contributed by atoms with Gasteiger partial charge in [0.1, 0.15) is 0 Å². The van der Waals surface area contributed by atoms with E-state index in [0.29, 0.717) is 32.5 Å². The summed E-state index contributed by atoms with van der Waals surface area (Å²) in [5.74, 6) is -0.0779. The van der Waals surface area contributed by atoms with E-state index >= 15 is 0 Å². The van der Waals surface area contributed by atoms with Gasteiger partial charge in [-0.05, 0) is 24.1 Å². The second kappa shape index (κ2) is 9.23. The summed E-state index contributed by atoms with van der Waals surface area (Å²) >= 11 is 0. The summed E-state index contributed by atoms with van der Waals surface area (Å²) in [5, 5.41) is 3.02. The van der Waals surface area contributed by atoms with E-state index < -0.39 is 0 Å². The van der Waals surface area contributed by atoms with Gasteiger partial charge in [0.05, 0.1) is 30.2 Å². The van der Waals surface area contributed by atoms with Crippen LogP contribution >= 0.6 is 0 Å². The van der Waals surface area contributed by atoms with Crippen molar-refractivity contribution < 1.29 is 14.3 Å². The van der Waals surface area contributed by atoms with Crippen molar-refractivity contribution in [1.82, 2.24) is 24.3 Å². The van der Waals surface area contributed by atoms with E-state index in [1.54, 1.807) is 23.2 Å². The van der Waals surface area contributed by atoms with Crippen LogP contribution in [0, 0.1) is 5.92 Å². The third kappa shape index (κ3) is 4.67. The van der Waals surface area contributed by atoms with Crippen LogP contribution in [0.1, 0.15) is 18.4 Å². The molecule has 0 radical (unpaired) electrons. The van der Waals surface area contributed by atoms with Gasteiger partial charge in [0.2, 0.25) is 11.8 Å². The van der Waals surface area contributed by atoms with Gasteiger partial charge in [-0.2, -0.15) is 0 Å². The molecule has 0 spiro atoms. The number of carbonyl (C=O) groups is 2. The van der Waals surface area contributed by atoms with Crippen LogP contribution in [0.15, 0.2) is 23.0 Å². The molecular formula is C22H31N5O4. The minimum absolute atomic E-state index is 0.0223. The number of fused-ring (bicyclic) bond motifs is 1. The number of likely N-dealkylation sites (tertiary alicyclic amines) is 1. The predicted molar refractivity (Wildman–Crippen MR) is 117 cm³/mol. The molecule has 1 atom stereocenters. The Morgan fingerprint density at radius 2 is 1.84 bits per heavy atom. The Morgan fingerprint density at radius 3 is 2.61 bits per heavy atom. The molecule has 168 valence electrons. The maximum Gasteiger partial charge on any atom is 0.328 e. The summed E-state index contributed by atoms with van der Waals surface area (Å²) in [6.45, 7) is 5.61. The third-order valence-electron chi connectivity index (χ3n) is 6.46. The monoisotopic (exact) mass is 429 g/mol. The smallest absolute Gasteiger partial charge is 0.328 e.